The summed E-state index contributed by atoms with van der Waals surface area (Å²) in [6.45, 7) is 2.11. The molecule has 0 amide bonds. The number of Topliss-reactive ketones (excluding diaryl/α,β-unsaturated/α-hetero) is 1. The van der Waals surface area contributed by atoms with Gasteiger partial charge in [0.05, 0.1) is 6.61 Å². The van der Waals surface area contributed by atoms with E-state index in [1.807, 2.05) is 12.2 Å². The zero-order valence-electron chi connectivity index (χ0n) is 8.23. The number of carbonyl (C=O) groups is 2. The molecule has 0 radical (unpaired) electrons. The van der Waals surface area contributed by atoms with Crippen LogP contribution in [-0.2, 0) is 14.3 Å². The molecule has 1 saturated carbocycles. The van der Waals surface area contributed by atoms with E-state index in [2.05, 4.69) is 0 Å². The van der Waals surface area contributed by atoms with E-state index in [1.165, 1.54) is 0 Å². The molecule has 0 spiro atoms. The Morgan fingerprint density at radius 2 is 2.29 bits per heavy atom. The van der Waals surface area contributed by atoms with E-state index >= 15 is 0 Å². The van der Waals surface area contributed by atoms with Crippen molar-refractivity contribution >= 4 is 11.8 Å². The predicted molar refractivity (Wildman–Crippen MR) is 50.5 cm³/mol. The summed E-state index contributed by atoms with van der Waals surface area (Å²) in [5.74, 6) is -0.738. The van der Waals surface area contributed by atoms with Gasteiger partial charge in [0.1, 0.15) is 5.92 Å². The van der Waals surface area contributed by atoms with Crippen molar-refractivity contribution in [1.29, 1.82) is 0 Å². The molecule has 0 aromatic heterocycles. The zero-order chi connectivity index (χ0) is 10.1. The molecule has 0 aromatic carbocycles. The molecular formula is C11H14O3. The maximum Gasteiger partial charge on any atom is 0.317 e. The molecule has 3 nitrogen and oxygen atoms in total. The third-order valence-corrected chi connectivity index (χ3v) is 3.04. The average molecular weight is 194 g/mol. The monoisotopic (exact) mass is 194 g/mol. The number of ether oxygens (including phenoxy) is 1. The van der Waals surface area contributed by atoms with Crippen molar-refractivity contribution < 1.29 is 14.3 Å². The van der Waals surface area contributed by atoms with Gasteiger partial charge >= 0.3 is 5.97 Å². The summed E-state index contributed by atoms with van der Waals surface area (Å²) in [6.07, 6.45) is 5.77. The van der Waals surface area contributed by atoms with Gasteiger partial charge in [-0.3, -0.25) is 9.59 Å². The summed E-state index contributed by atoms with van der Waals surface area (Å²) in [5.41, 5.74) is 0. The van der Waals surface area contributed by atoms with Crippen molar-refractivity contribution in [1.82, 2.24) is 0 Å². The summed E-state index contributed by atoms with van der Waals surface area (Å²) >= 11 is 0. The lowest BCUT2D eigenvalue weighted by Gasteiger charge is -2.34. The third kappa shape index (κ3) is 1.37. The summed E-state index contributed by atoms with van der Waals surface area (Å²) < 4.78 is 4.91. The fourth-order valence-corrected chi connectivity index (χ4v) is 2.32. The summed E-state index contributed by atoms with van der Waals surface area (Å²) in [6, 6.07) is 0. The zero-order valence-corrected chi connectivity index (χ0v) is 8.23. The molecule has 0 saturated heterocycles. The van der Waals surface area contributed by atoms with Crippen LogP contribution in [-0.4, -0.2) is 18.4 Å². The lowest BCUT2D eigenvalue weighted by molar-refractivity contribution is -0.156. The van der Waals surface area contributed by atoms with Gasteiger partial charge < -0.3 is 4.74 Å². The largest absolute Gasteiger partial charge is 0.465 e. The van der Waals surface area contributed by atoms with Gasteiger partial charge in [0.15, 0.2) is 5.78 Å². The quantitative estimate of drug-likeness (QED) is 0.378. The SMILES string of the molecule is CCOC(=O)C1C(=O)C2C=CC1CC2. The van der Waals surface area contributed by atoms with E-state index in [1.54, 1.807) is 6.92 Å². The number of carbonyl (C=O) groups excluding carboxylic acids is 2. The van der Waals surface area contributed by atoms with Crippen molar-refractivity contribution in [3.63, 3.8) is 0 Å². The Morgan fingerprint density at radius 3 is 2.79 bits per heavy atom. The second-order valence-corrected chi connectivity index (χ2v) is 3.86. The number of allylic oxidation sites excluding steroid dienone is 2. The predicted octanol–water partition coefficient (Wildman–Crippen LogP) is 1.33. The molecule has 3 atom stereocenters. The van der Waals surface area contributed by atoms with Crippen molar-refractivity contribution in [2.45, 2.75) is 19.8 Å². The lowest BCUT2D eigenvalue weighted by atomic mass is 9.68. The van der Waals surface area contributed by atoms with Crippen molar-refractivity contribution in [3.8, 4) is 0 Å². The Kier molecular flexibility index (Phi) is 2.40. The Balaban J connectivity index is 2.16. The maximum absolute atomic E-state index is 11.8. The molecule has 3 aliphatic carbocycles. The lowest BCUT2D eigenvalue weighted by Crippen LogP contribution is -2.42. The van der Waals surface area contributed by atoms with E-state index < -0.39 is 5.92 Å². The summed E-state index contributed by atoms with van der Waals surface area (Å²) in [4.78, 5) is 23.3. The van der Waals surface area contributed by atoms with Gasteiger partial charge in [-0.25, -0.2) is 0 Å². The maximum atomic E-state index is 11.8. The van der Waals surface area contributed by atoms with Crippen LogP contribution in [0.5, 0.6) is 0 Å². The van der Waals surface area contributed by atoms with Crippen LogP contribution in [0.4, 0.5) is 0 Å². The van der Waals surface area contributed by atoms with Gasteiger partial charge in [0, 0.05) is 5.92 Å². The molecule has 0 aromatic rings. The minimum atomic E-state index is -0.515. The Labute approximate surface area is 83.1 Å². The number of fused-ring (bicyclic) bond motifs is 2. The first-order valence-corrected chi connectivity index (χ1v) is 5.12. The first kappa shape index (κ1) is 9.44. The molecule has 0 N–H and O–H groups in total. The molecule has 2 bridgehead atoms. The third-order valence-electron chi connectivity index (χ3n) is 3.04. The van der Waals surface area contributed by atoms with Crippen LogP contribution in [0.25, 0.3) is 0 Å². The molecule has 0 heterocycles. The van der Waals surface area contributed by atoms with Crippen LogP contribution in [0.2, 0.25) is 0 Å². The van der Waals surface area contributed by atoms with Crippen LogP contribution in [0.15, 0.2) is 12.2 Å². The van der Waals surface area contributed by atoms with Crippen LogP contribution in [0.3, 0.4) is 0 Å². The molecule has 3 heteroatoms. The highest BCUT2D eigenvalue weighted by Crippen LogP contribution is 2.38. The fraction of sp³-hybridized carbons (Fsp3) is 0.636. The van der Waals surface area contributed by atoms with Gasteiger partial charge in [0.25, 0.3) is 0 Å². The Bertz CT molecular complexity index is 293. The molecule has 3 rings (SSSR count). The highest BCUT2D eigenvalue weighted by molar-refractivity contribution is 6.02. The average Bonchev–Trinajstić information content (AvgIpc) is 2.19. The normalized spacial score (nSPS) is 34.6. The highest BCUT2D eigenvalue weighted by Gasteiger charge is 2.44. The van der Waals surface area contributed by atoms with E-state index in [0.717, 1.165) is 12.8 Å². The second-order valence-electron chi connectivity index (χ2n) is 3.86. The van der Waals surface area contributed by atoms with Crippen LogP contribution >= 0.6 is 0 Å². The molecule has 3 unspecified atom stereocenters. The first-order chi connectivity index (χ1) is 6.74. The molecular weight excluding hydrogens is 180 g/mol. The number of hydrogen-bond acceptors (Lipinski definition) is 3. The van der Waals surface area contributed by atoms with Crippen LogP contribution in [0, 0.1) is 17.8 Å². The van der Waals surface area contributed by atoms with Gasteiger partial charge in [-0.15, -0.1) is 0 Å². The minimum absolute atomic E-state index is 0.0330. The number of hydrogen-bond donors (Lipinski definition) is 0. The molecule has 3 aliphatic rings. The molecule has 0 aliphatic heterocycles. The molecule has 14 heavy (non-hydrogen) atoms. The number of esters is 1. The summed E-state index contributed by atoms with van der Waals surface area (Å²) in [7, 11) is 0. The van der Waals surface area contributed by atoms with E-state index in [9.17, 15) is 9.59 Å². The first-order valence-electron chi connectivity index (χ1n) is 5.12. The molecule has 1 fully saturated rings. The standard InChI is InChI=1S/C11H14O3/c1-2-14-11(13)9-7-3-5-8(6-4-7)10(9)12/h3,5,7-9H,2,4,6H2,1H3. The molecule has 76 valence electrons. The van der Waals surface area contributed by atoms with Crippen LogP contribution < -0.4 is 0 Å². The second kappa shape index (κ2) is 3.56. The smallest absolute Gasteiger partial charge is 0.317 e. The number of ketones is 1. The van der Waals surface area contributed by atoms with Crippen LogP contribution in [0.1, 0.15) is 19.8 Å². The van der Waals surface area contributed by atoms with E-state index in [0.29, 0.717) is 6.61 Å². The van der Waals surface area contributed by atoms with E-state index in [4.69, 9.17) is 4.74 Å². The summed E-state index contributed by atoms with van der Waals surface area (Å²) in [5, 5.41) is 0. The Morgan fingerprint density at radius 1 is 1.50 bits per heavy atom. The highest BCUT2D eigenvalue weighted by atomic mass is 16.5. The van der Waals surface area contributed by atoms with Crippen molar-refractivity contribution in [2.24, 2.45) is 17.8 Å². The van der Waals surface area contributed by atoms with Crippen molar-refractivity contribution in [3.05, 3.63) is 12.2 Å². The Hall–Kier alpha value is -1.12. The van der Waals surface area contributed by atoms with E-state index in [-0.39, 0.29) is 23.6 Å². The minimum Gasteiger partial charge on any atom is -0.465 e. The van der Waals surface area contributed by atoms with Gasteiger partial charge in [-0.2, -0.15) is 0 Å². The number of rotatable bonds is 2. The van der Waals surface area contributed by atoms with Gasteiger partial charge in [0.2, 0.25) is 0 Å². The topological polar surface area (TPSA) is 43.4 Å². The van der Waals surface area contributed by atoms with Gasteiger partial charge in [-0.05, 0) is 25.7 Å². The fourth-order valence-electron chi connectivity index (χ4n) is 2.32. The van der Waals surface area contributed by atoms with Gasteiger partial charge in [-0.1, -0.05) is 12.2 Å². The van der Waals surface area contributed by atoms with Crippen molar-refractivity contribution in [2.75, 3.05) is 6.61 Å².